The summed E-state index contributed by atoms with van der Waals surface area (Å²) in [6.45, 7) is 2.55. The Morgan fingerprint density at radius 2 is 2.12 bits per heavy atom. The van der Waals surface area contributed by atoms with Crippen LogP contribution in [0, 0.1) is 6.92 Å². The van der Waals surface area contributed by atoms with Crippen molar-refractivity contribution >= 4 is 11.8 Å². The van der Waals surface area contributed by atoms with E-state index in [2.05, 4.69) is 10.6 Å². The molecule has 0 aromatic heterocycles. The highest BCUT2D eigenvalue weighted by atomic mass is 16.2. The topological polar surface area (TPSA) is 58.2 Å². The summed E-state index contributed by atoms with van der Waals surface area (Å²) >= 11 is 0. The monoisotopic (exact) mass is 232 g/mol. The van der Waals surface area contributed by atoms with Crippen molar-refractivity contribution in [2.24, 2.45) is 0 Å². The minimum absolute atomic E-state index is 0.00522. The van der Waals surface area contributed by atoms with Crippen molar-refractivity contribution < 1.29 is 9.59 Å². The standard InChI is InChI=1S/C13H16N2O2/c1-9-2-4-10(5-3-9)6-13(17)15-11-7-12(16)14-8-11/h2-5,11H,6-8H2,1H3,(H,14,16)(H,15,17). The molecule has 1 unspecified atom stereocenters. The lowest BCUT2D eigenvalue weighted by atomic mass is 10.1. The van der Waals surface area contributed by atoms with Crippen molar-refractivity contribution in [1.29, 1.82) is 0 Å². The van der Waals surface area contributed by atoms with E-state index >= 15 is 0 Å². The minimum atomic E-state index is -0.0551. The van der Waals surface area contributed by atoms with Crippen LogP contribution in [0.5, 0.6) is 0 Å². The zero-order valence-corrected chi connectivity index (χ0v) is 9.82. The summed E-state index contributed by atoms with van der Waals surface area (Å²) in [4.78, 5) is 22.7. The molecular formula is C13H16N2O2. The highest BCUT2D eigenvalue weighted by Gasteiger charge is 2.22. The first kappa shape index (κ1) is 11.6. The number of aryl methyl sites for hydroxylation is 1. The lowest BCUT2D eigenvalue weighted by Gasteiger charge is -2.10. The van der Waals surface area contributed by atoms with Crippen LogP contribution in [-0.2, 0) is 16.0 Å². The second-order valence-electron chi connectivity index (χ2n) is 4.44. The third kappa shape index (κ3) is 3.31. The summed E-state index contributed by atoms with van der Waals surface area (Å²) < 4.78 is 0. The maximum absolute atomic E-state index is 11.7. The van der Waals surface area contributed by atoms with Crippen LogP contribution in [0.3, 0.4) is 0 Å². The SMILES string of the molecule is Cc1ccc(CC(=O)NC2CNC(=O)C2)cc1. The van der Waals surface area contributed by atoms with Gasteiger partial charge in [-0.05, 0) is 12.5 Å². The summed E-state index contributed by atoms with van der Waals surface area (Å²) in [5, 5.41) is 5.54. The lowest BCUT2D eigenvalue weighted by Crippen LogP contribution is -2.37. The molecule has 0 spiro atoms. The Morgan fingerprint density at radius 3 is 2.71 bits per heavy atom. The van der Waals surface area contributed by atoms with Crippen LogP contribution in [-0.4, -0.2) is 24.4 Å². The fourth-order valence-corrected chi connectivity index (χ4v) is 1.88. The molecule has 2 N–H and O–H groups in total. The van der Waals surface area contributed by atoms with E-state index in [0.717, 1.165) is 5.56 Å². The van der Waals surface area contributed by atoms with Crippen molar-refractivity contribution in [3.63, 3.8) is 0 Å². The zero-order chi connectivity index (χ0) is 12.3. The average Bonchev–Trinajstić information content (AvgIpc) is 2.67. The van der Waals surface area contributed by atoms with Crippen LogP contribution in [0.1, 0.15) is 17.5 Å². The number of benzene rings is 1. The summed E-state index contributed by atoms with van der Waals surface area (Å²) in [6.07, 6.45) is 0.755. The Morgan fingerprint density at radius 1 is 1.41 bits per heavy atom. The first-order valence-corrected chi connectivity index (χ1v) is 5.75. The number of carbonyl (C=O) groups excluding carboxylic acids is 2. The molecular weight excluding hydrogens is 216 g/mol. The second kappa shape index (κ2) is 4.99. The van der Waals surface area contributed by atoms with E-state index in [4.69, 9.17) is 0 Å². The van der Waals surface area contributed by atoms with Gasteiger partial charge in [0.25, 0.3) is 0 Å². The minimum Gasteiger partial charge on any atom is -0.354 e. The zero-order valence-electron chi connectivity index (χ0n) is 9.82. The van der Waals surface area contributed by atoms with E-state index in [1.165, 1.54) is 5.56 Å². The van der Waals surface area contributed by atoms with Gasteiger partial charge in [-0.15, -0.1) is 0 Å². The number of carbonyl (C=O) groups is 2. The van der Waals surface area contributed by atoms with E-state index in [-0.39, 0.29) is 17.9 Å². The van der Waals surface area contributed by atoms with Crippen LogP contribution >= 0.6 is 0 Å². The van der Waals surface area contributed by atoms with Crippen LogP contribution < -0.4 is 10.6 Å². The van der Waals surface area contributed by atoms with E-state index < -0.39 is 0 Å². The third-order valence-corrected chi connectivity index (χ3v) is 2.83. The Kier molecular flexibility index (Phi) is 3.42. The molecule has 1 saturated heterocycles. The van der Waals surface area contributed by atoms with E-state index in [1.807, 2.05) is 31.2 Å². The molecule has 2 rings (SSSR count). The Labute approximate surface area is 100 Å². The summed E-state index contributed by atoms with van der Waals surface area (Å²) in [5.41, 5.74) is 2.17. The summed E-state index contributed by atoms with van der Waals surface area (Å²) in [5.74, 6) is -0.0269. The van der Waals surface area contributed by atoms with Gasteiger partial charge in [0.15, 0.2) is 0 Å². The predicted octanol–water partition coefficient (Wildman–Crippen LogP) is 0.542. The van der Waals surface area contributed by atoms with Gasteiger partial charge < -0.3 is 10.6 Å². The highest BCUT2D eigenvalue weighted by molar-refractivity contribution is 5.83. The number of nitrogens with one attached hydrogen (secondary N) is 2. The third-order valence-electron chi connectivity index (χ3n) is 2.83. The molecule has 0 bridgehead atoms. The van der Waals surface area contributed by atoms with Crippen LogP contribution in [0.15, 0.2) is 24.3 Å². The highest BCUT2D eigenvalue weighted by Crippen LogP contribution is 2.05. The number of hydrogen-bond donors (Lipinski definition) is 2. The largest absolute Gasteiger partial charge is 0.354 e. The van der Waals surface area contributed by atoms with E-state index in [0.29, 0.717) is 19.4 Å². The summed E-state index contributed by atoms with van der Waals surface area (Å²) in [6, 6.07) is 7.83. The summed E-state index contributed by atoms with van der Waals surface area (Å²) in [7, 11) is 0. The van der Waals surface area contributed by atoms with Gasteiger partial charge in [-0.25, -0.2) is 0 Å². The first-order chi connectivity index (χ1) is 8.13. The first-order valence-electron chi connectivity index (χ1n) is 5.75. The number of rotatable bonds is 3. The lowest BCUT2D eigenvalue weighted by molar-refractivity contribution is -0.121. The Bertz CT molecular complexity index is 426. The number of hydrogen-bond acceptors (Lipinski definition) is 2. The van der Waals surface area contributed by atoms with Gasteiger partial charge in [0.05, 0.1) is 12.5 Å². The fourth-order valence-electron chi connectivity index (χ4n) is 1.88. The maximum atomic E-state index is 11.7. The van der Waals surface area contributed by atoms with Gasteiger partial charge in [-0.3, -0.25) is 9.59 Å². The van der Waals surface area contributed by atoms with E-state index in [9.17, 15) is 9.59 Å². The van der Waals surface area contributed by atoms with Crippen molar-refractivity contribution in [1.82, 2.24) is 10.6 Å². The van der Waals surface area contributed by atoms with Crippen molar-refractivity contribution in [3.8, 4) is 0 Å². The van der Waals surface area contributed by atoms with Crippen molar-refractivity contribution in [2.45, 2.75) is 25.8 Å². The Balaban J connectivity index is 1.85. The van der Waals surface area contributed by atoms with Crippen molar-refractivity contribution in [2.75, 3.05) is 6.54 Å². The smallest absolute Gasteiger partial charge is 0.224 e. The molecule has 4 heteroatoms. The van der Waals surface area contributed by atoms with Crippen LogP contribution in [0.4, 0.5) is 0 Å². The van der Waals surface area contributed by atoms with Crippen LogP contribution in [0.2, 0.25) is 0 Å². The quantitative estimate of drug-likeness (QED) is 0.799. The van der Waals surface area contributed by atoms with E-state index in [1.54, 1.807) is 0 Å². The fraction of sp³-hybridized carbons (Fsp3) is 0.385. The predicted molar refractivity (Wildman–Crippen MR) is 64.4 cm³/mol. The van der Waals surface area contributed by atoms with Gasteiger partial charge in [0.1, 0.15) is 0 Å². The Hall–Kier alpha value is -1.84. The molecule has 4 nitrogen and oxygen atoms in total. The molecule has 1 atom stereocenters. The molecule has 1 aromatic carbocycles. The number of amides is 2. The molecule has 1 aliphatic rings. The second-order valence-corrected chi connectivity index (χ2v) is 4.44. The van der Waals surface area contributed by atoms with Gasteiger partial charge in [0.2, 0.25) is 11.8 Å². The molecule has 1 aromatic rings. The molecule has 2 amide bonds. The molecule has 0 aliphatic carbocycles. The molecule has 1 heterocycles. The van der Waals surface area contributed by atoms with Gasteiger partial charge in [0, 0.05) is 13.0 Å². The van der Waals surface area contributed by atoms with Crippen LogP contribution in [0.25, 0.3) is 0 Å². The molecule has 0 radical (unpaired) electrons. The maximum Gasteiger partial charge on any atom is 0.224 e. The van der Waals surface area contributed by atoms with Crippen molar-refractivity contribution in [3.05, 3.63) is 35.4 Å². The molecule has 0 saturated carbocycles. The normalized spacial score (nSPS) is 18.9. The van der Waals surface area contributed by atoms with Gasteiger partial charge >= 0.3 is 0 Å². The molecule has 90 valence electrons. The average molecular weight is 232 g/mol. The molecule has 1 aliphatic heterocycles. The molecule has 1 fully saturated rings. The van der Waals surface area contributed by atoms with Gasteiger partial charge in [-0.2, -0.15) is 0 Å². The molecule has 17 heavy (non-hydrogen) atoms. The van der Waals surface area contributed by atoms with Gasteiger partial charge in [-0.1, -0.05) is 29.8 Å².